The molecule has 0 atom stereocenters. The highest BCUT2D eigenvalue weighted by molar-refractivity contribution is 6.18. The van der Waals surface area contributed by atoms with Crippen LogP contribution in [0.5, 0.6) is 5.75 Å². The Balaban J connectivity index is 1.81. The Morgan fingerprint density at radius 3 is 2.68 bits per heavy atom. The van der Waals surface area contributed by atoms with Crippen molar-refractivity contribution < 1.29 is 4.74 Å². The maximum Gasteiger partial charge on any atom is 0.123 e. The molecule has 0 saturated heterocycles. The topological polar surface area (TPSA) is 9.23 Å². The predicted molar refractivity (Wildman–Crippen MR) is 93.5 cm³/mol. The number of rotatable bonds is 5. The van der Waals surface area contributed by atoms with Gasteiger partial charge in [0.1, 0.15) is 12.4 Å². The summed E-state index contributed by atoms with van der Waals surface area (Å²) in [6.07, 6.45) is 6.65. The van der Waals surface area contributed by atoms with Crippen LogP contribution in [-0.4, -0.2) is 5.88 Å². The van der Waals surface area contributed by atoms with Gasteiger partial charge in [0, 0.05) is 11.4 Å². The van der Waals surface area contributed by atoms with Crippen LogP contribution in [0.1, 0.15) is 36.0 Å². The lowest BCUT2D eigenvalue weighted by Gasteiger charge is -2.22. The largest absolute Gasteiger partial charge is 0.489 e. The number of ether oxygens (including phenoxy) is 1. The minimum atomic E-state index is 0.623. The fraction of sp³-hybridized carbons (Fsp3) is 0.300. The van der Waals surface area contributed by atoms with E-state index in [9.17, 15) is 0 Å². The maximum atomic E-state index is 6.09. The minimum absolute atomic E-state index is 0.623. The summed E-state index contributed by atoms with van der Waals surface area (Å²) >= 11 is 5.83. The maximum absolute atomic E-state index is 6.09. The number of allylic oxidation sites excluding steroid dienone is 2. The molecule has 0 N–H and O–H groups in total. The molecular formula is C20H21ClO. The SMILES string of the molecule is ClCC/C=C1\CCCc2c(OCc3ccccc3)cccc21. The van der Waals surface area contributed by atoms with Gasteiger partial charge in [-0.3, -0.25) is 0 Å². The van der Waals surface area contributed by atoms with Gasteiger partial charge < -0.3 is 4.74 Å². The Hall–Kier alpha value is -1.73. The summed E-state index contributed by atoms with van der Waals surface area (Å²) in [6, 6.07) is 16.7. The molecule has 2 aromatic rings. The van der Waals surface area contributed by atoms with E-state index in [1.807, 2.05) is 18.2 Å². The van der Waals surface area contributed by atoms with Gasteiger partial charge in [-0.25, -0.2) is 0 Å². The number of hydrogen-bond donors (Lipinski definition) is 0. The number of halogens is 1. The molecule has 0 spiro atoms. The molecule has 0 aromatic heterocycles. The first-order chi connectivity index (χ1) is 10.9. The van der Waals surface area contributed by atoms with Crippen LogP contribution in [0, 0.1) is 0 Å². The summed E-state index contributed by atoms with van der Waals surface area (Å²) in [6.45, 7) is 0.623. The Morgan fingerprint density at radius 1 is 1.00 bits per heavy atom. The predicted octanol–water partition coefficient (Wildman–Crippen LogP) is 5.61. The van der Waals surface area contributed by atoms with Gasteiger partial charge in [0.15, 0.2) is 0 Å². The third kappa shape index (κ3) is 3.53. The summed E-state index contributed by atoms with van der Waals surface area (Å²) in [5, 5.41) is 0. The van der Waals surface area contributed by atoms with Crippen LogP contribution in [0.15, 0.2) is 54.6 Å². The molecule has 0 aliphatic heterocycles. The molecule has 1 aliphatic carbocycles. The van der Waals surface area contributed by atoms with Crippen molar-refractivity contribution >= 4 is 17.2 Å². The van der Waals surface area contributed by atoms with Gasteiger partial charge in [0.2, 0.25) is 0 Å². The van der Waals surface area contributed by atoms with Gasteiger partial charge in [-0.05, 0) is 48.4 Å². The molecule has 2 heteroatoms. The lowest BCUT2D eigenvalue weighted by Crippen LogP contribution is -2.06. The first-order valence-electron chi connectivity index (χ1n) is 7.92. The van der Waals surface area contributed by atoms with Crippen molar-refractivity contribution in [3.05, 3.63) is 71.3 Å². The zero-order valence-corrected chi connectivity index (χ0v) is 13.5. The van der Waals surface area contributed by atoms with E-state index in [1.165, 1.54) is 28.7 Å². The highest BCUT2D eigenvalue weighted by atomic mass is 35.5. The normalized spacial score (nSPS) is 15.6. The molecule has 0 radical (unpaired) electrons. The number of fused-ring (bicyclic) bond motifs is 1. The molecule has 2 aromatic carbocycles. The van der Waals surface area contributed by atoms with Gasteiger partial charge in [-0.15, -0.1) is 11.6 Å². The van der Waals surface area contributed by atoms with Crippen LogP contribution in [0.2, 0.25) is 0 Å². The van der Waals surface area contributed by atoms with E-state index in [2.05, 4.69) is 36.4 Å². The quantitative estimate of drug-likeness (QED) is 0.652. The summed E-state index contributed by atoms with van der Waals surface area (Å²) in [5.74, 6) is 1.71. The van der Waals surface area contributed by atoms with Gasteiger partial charge in [0.05, 0.1) is 0 Å². The van der Waals surface area contributed by atoms with Crippen LogP contribution < -0.4 is 4.74 Å². The van der Waals surface area contributed by atoms with Crippen molar-refractivity contribution in [1.29, 1.82) is 0 Å². The van der Waals surface area contributed by atoms with E-state index < -0.39 is 0 Å². The second kappa shape index (κ2) is 7.51. The van der Waals surface area contributed by atoms with Crippen LogP contribution in [0.3, 0.4) is 0 Å². The molecule has 0 amide bonds. The molecular weight excluding hydrogens is 292 g/mol. The summed E-state index contributed by atoms with van der Waals surface area (Å²) in [5.41, 5.74) is 5.33. The molecule has 0 bridgehead atoms. The van der Waals surface area contributed by atoms with Gasteiger partial charge in [-0.1, -0.05) is 48.5 Å². The highest BCUT2D eigenvalue weighted by Gasteiger charge is 2.17. The second-order valence-corrected chi connectivity index (χ2v) is 6.00. The molecule has 3 rings (SSSR count). The van der Waals surface area contributed by atoms with Crippen molar-refractivity contribution in [3.63, 3.8) is 0 Å². The van der Waals surface area contributed by atoms with Crippen LogP contribution in [0.25, 0.3) is 5.57 Å². The molecule has 0 unspecified atom stereocenters. The Kier molecular flexibility index (Phi) is 5.18. The van der Waals surface area contributed by atoms with Gasteiger partial charge in [-0.2, -0.15) is 0 Å². The van der Waals surface area contributed by atoms with Crippen LogP contribution >= 0.6 is 11.6 Å². The molecule has 0 saturated carbocycles. The summed E-state index contributed by atoms with van der Waals surface area (Å²) in [4.78, 5) is 0. The zero-order valence-electron chi connectivity index (χ0n) is 12.7. The number of benzene rings is 2. The fourth-order valence-electron chi connectivity index (χ4n) is 3.03. The second-order valence-electron chi connectivity index (χ2n) is 5.62. The Morgan fingerprint density at radius 2 is 1.86 bits per heavy atom. The average Bonchev–Trinajstić information content (AvgIpc) is 2.59. The van der Waals surface area contributed by atoms with Crippen molar-refractivity contribution in [1.82, 2.24) is 0 Å². The Labute approximate surface area is 137 Å². The molecule has 0 heterocycles. The van der Waals surface area contributed by atoms with Crippen molar-refractivity contribution in [2.24, 2.45) is 0 Å². The van der Waals surface area contributed by atoms with E-state index in [4.69, 9.17) is 16.3 Å². The lowest BCUT2D eigenvalue weighted by atomic mass is 9.86. The fourth-order valence-corrected chi connectivity index (χ4v) is 3.14. The zero-order chi connectivity index (χ0) is 15.2. The first-order valence-corrected chi connectivity index (χ1v) is 8.46. The van der Waals surface area contributed by atoms with Gasteiger partial charge in [0.25, 0.3) is 0 Å². The van der Waals surface area contributed by atoms with E-state index >= 15 is 0 Å². The molecule has 0 fully saturated rings. The number of alkyl halides is 1. The van der Waals surface area contributed by atoms with E-state index in [0.717, 1.165) is 25.0 Å². The Bertz CT molecular complexity index is 646. The smallest absolute Gasteiger partial charge is 0.123 e. The molecule has 1 aliphatic rings. The first kappa shape index (κ1) is 15.2. The van der Waals surface area contributed by atoms with E-state index in [-0.39, 0.29) is 0 Å². The van der Waals surface area contributed by atoms with Crippen molar-refractivity contribution in [3.8, 4) is 5.75 Å². The standard InChI is InChI=1S/C20H21ClO/c21-14-6-10-17-9-4-12-19-18(17)11-5-13-20(19)22-15-16-7-2-1-3-8-16/h1-3,5,7-8,10-11,13H,4,6,9,12,14-15H2/b17-10+. The summed E-state index contributed by atoms with van der Waals surface area (Å²) in [7, 11) is 0. The van der Waals surface area contributed by atoms with Crippen LogP contribution in [-0.2, 0) is 13.0 Å². The average molecular weight is 313 g/mol. The molecule has 1 nitrogen and oxygen atoms in total. The third-order valence-corrected chi connectivity index (χ3v) is 4.31. The molecule has 114 valence electrons. The van der Waals surface area contributed by atoms with Crippen molar-refractivity contribution in [2.45, 2.75) is 32.3 Å². The monoisotopic (exact) mass is 312 g/mol. The number of hydrogen-bond acceptors (Lipinski definition) is 1. The van der Waals surface area contributed by atoms with Crippen molar-refractivity contribution in [2.75, 3.05) is 5.88 Å². The van der Waals surface area contributed by atoms with E-state index in [0.29, 0.717) is 12.5 Å². The lowest BCUT2D eigenvalue weighted by molar-refractivity contribution is 0.302. The molecule has 22 heavy (non-hydrogen) atoms. The third-order valence-electron chi connectivity index (χ3n) is 4.09. The van der Waals surface area contributed by atoms with Gasteiger partial charge >= 0.3 is 0 Å². The van der Waals surface area contributed by atoms with Crippen LogP contribution in [0.4, 0.5) is 0 Å². The minimum Gasteiger partial charge on any atom is -0.489 e. The summed E-state index contributed by atoms with van der Waals surface area (Å²) < 4.78 is 6.09. The highest BCUT2D eigenvalue weighted by Crippen LogP contribution is 2.36. The van der Waals surface area contributed by atoms with E-state index in [1.54, 1.807) is 0 Å².